The number of carbonyl (C=O) groups excluding carboxylic acids is 2. The van der Waals surface area contributed by atoms with E-state index in [0.717, 1.165) is 12.8 Å². The molecule has 1 aromatic rings. The fourth-order valence-corrected chi connectivity index (χ4v) is 2.30. The van der Waals surface area contributed by atoms with E-state index < -0.39 is 6.04 Å². The summed E-state index contributed by atoms with van der Waals surface area (Å²) in [4.78, 5) is 24.4. The standard InChI is InChI=1S/C15H23N3O3/c1-9(2)13(18-14(19)12-4-3-7-21-12)15(20)17-11(8-16)10-5-6-10/h3-4,7,9-11,13H,5-6,8,16H2,1-2H3,(H,17,20)(H,18,19). The number of nitrogens with one attached hydrogen (secondary N) is 2. The van der Waals surface area contributed by atoms with E-state index in [2.05, 4.69) is 10.6 Å². The number of rotatable bonds is 7. The number of carbonyl (C=O) groups is 2. The SMILES string of the molecule is CC(C)C(NC(=O)c1ccco1)C(=O)NC(CN)C1CC1. The van der Waals surface area contributed by atoms with Gasteiger partial charge in [-0.2, -0.15) is 0 Å². The third kappa shape index (κ3) is 4.07. The van der Waals surface area contributed by atoms with Gasteiger partial charge < -0.3 is 20.8 Å². The molecule has 6 heteroatoms. The second kappa shape index (κ2) is 6.76. The Balaban J connectivity index is 1.97. The summed E-state index contributed by atoms with van der Waals surface area (Å²) in [7, 11) is 0. The number of amides is 2. The molecule has 2 unspecified atom stereocenters. The van der Waals surface area contributed by atoms with Crippen molar-refractivity contribution in [2.24, 2.45) is 17.6 Å². The van der Waals surface area contributed by atoms with Gasteiger partial charge >= 0.3 is 0 Å². The number of hydrogen-bond acceptors (Lipinski definition) is 4. The maximum absolute atomic E-state index is 12.4. The Bertz CT molecular complexity index is 480. The maximum Gasteiger partial charge on any atom is 0.287 e. The highest BCUT2D eigenvalue weighted by Crippen LogP contribution is 2.32. The molecule has 21 heavy (non-hydrogen) atoms. The molecule has 1 aliphatic rings. The average Bonchev–Trinajstić information content (AvgIpc) is 3.14. The molecule has 1 aliphatic carbocycles. The molecule has 2 amide bonds. The lowest BCUT2D eigenvalue weighted by atomic mass is 10.0. The molecular formula is C15H23N3O3. The summed E-state index contributed by atoms with van der Waals surface area (Å²) in [6.07, 6.45) is 3.64. The first kappa shape index (κ1) is 15.6. The lowest BCUT2D eigenvalue weighted by molar-refractivity contribution is -0.124. The van der Waals surface area contributed by atoms with Crippen LogP contribution in [0.3, 0.4) is 0 Å². The molecule has 0 radical (unpaired) electrons. The monoisotopic (exact) mass is 293 g/mol. The largest absolute Gasteiger partial charge is 0.459 e. The summed E-state index contributed by atoms with van der Waals surface area (Å²) < 4.78 is 5.04. The van der Waals surface area contributed by atoms with Gasteiger partial charge in [-0.15, -0.1) is 0 Å². The van der Waals surface area contributed by atoms with Crippen molar-refractivity contribution in [1.82, 2.24) is 10.6 Å². The molecule has 1 saturated carbocycles. The van der Waals surface area contributed by atoms with Crippen LogP contribution >= 0.6 is 0 Å². The van der Waals surface area contributed by atoms with Gasteiger partial charge in [-0.1, -0.05) is 13.8 Å². The highest BCUT2D eigenvalue weighted by molar-refractivity contribution is 5.95. The van der Waals surface area contributed by atoms with Crippen molar-refractivity contribution in [3.8, 4) is 0 Å². The van der Waals surface area contributed by atoms with E-state index in [1.807, 2.05) is 13.8 Å². The van der Waals surface area contributed by atoms with Crippen molar-refractivity contribution in [1.29, 1.82) is 0 Å². The number of nitrogens with two attached hydrogens (primary N) is 1. The number of furan rings is 1. The van der Waals surface area contributed by atoms with Gasteiger partial charge in [-0.3, -0.25) is 9.59 Å². The molecule has 116 valence electrons. The van der Waals surface area contributed by atoms with Crippen molar-refractivity contribution < 1.29 is 14.0 Å². The molecule has 1 fully saturated rings. The molecule has 0 saturated heterocycles. The van der Waals surface area contributed by atoms with Crippen molar-refractivity contribution >= 4 is 11.8 Å². The molecule has 2 rings (SSSR count). The normalized spacial score (nSPS) is 17.3. The molecular weight excluding hydrogens is 270 g/mol. The van der Waals surface area contributed by atoms with Crippen LogP contribution in [-0.2, 0) is 4.79 Å². The minimum atomic E-state index is -0.601. The highest BCUT2D eigenvalue weighted by Gasteiger charge is 2.34. The molecule has 2 atom stereocenters. The van der Waals surface area contributed by atoms with Gasteiger partial charge in [-0.05, 0) is 36.8 Å². The average molecular weight is 293 g/mol. The van der Waals surface area contributed by atoms with E-state index >= 15 is 0 Å². The van der Waals surface area contributed by atoms with Gasteiger partial charge in [-0.25, -0.2) is 0 Å². The van der Waals surface area contributed by atoms with Gasteiger partial charge in [0.05, 0.1) is 6.26 Å². The van der Waals surface area contributed by atoms with Crippen LogP contribution in [-0.4, -0.2) is 30.4 Å². The Morgan fingerprint density at radius 1 is 1.38 bits per heavy atom. The molecule has 1 heterocycles. The smallest absolute Gasteiger partial charge is 0.287 e. The summed E-state index contributed by atoms with van der Waals surface area (Å²) in [5.41, 5.74) is 5.70. The first-order valence-electron chi connectivity index (χ1n) is 7.37. The quantitative estimate of drug-likeness (QED) is 0.695. The summed E-state index contributed by atoms with van der Waals surface area (Å²) >= 11 is 0. The molecule has 0 bridgehead atoms. The van der Waals surface area contributed by atoms with Crippen LogP contribution in [0.15, 0.2) is 22.8 Å². The Morgan fingerprint density at radius 3 is 2.57 bits per heavy atom. The molecule has 0 aromatic carbocycles. The van der Waals surface area contributed by atoms with E-state index in [1.54, 1.807) is 12.1 Å². The van der Waals surface area contributed by atoms with Crippen molar-refractivity contribution in [2.75, 3.05) is 6.54 Å². The van der Waals surface area contributed by atoms with Crippen LogP contribution < -0.4 is 16.4 Å². The van der Waals surface area contributed by atoms with Gasteiger partial charge in [0.1, 0.15) is 6.04 Å². The predicted molar refractivity (Wildman–Crippen MR) is 78.5 cm³/mol. The maximum atomic E-state index is 12.4. The molecule has 4 N–H and O–H groups in total. The van der Waals surface area contributed by atoms with Crippen LogP contribution in [0.2, 0.25) is 0 Å². The van der Waals surface area contributed by atoms with E-state index in [9.17, 15) is 9.59 Å². The third-order valence-corrected chi connectivity index (χ3v) is 3.75. The van der Waals surface area contributed by atoms with Crippen LogP contribution in [0.1, 0.15) is 37.2 Å². The van der Waals surface area contributed by atoms with E-state index in [0.29, 0.717) is 12.5 Å². The fraction of sp³-hybridized carbons (Fsp3) is 0.600. The lowest BCUT2D eigenvalue weighted by Gasteiger charge is -2.24. The zero-order valence-corrected chi connectivity index (χ0v) is 12.5. The van der Waals surface area contributed by atoms with Crippen molar-refractivity contribution in [3.05, 3.63) is 24.2 Å². The predicted octanol–water partition coefficient (Wildman–Crippen LogP) is 0.888. The zero-order valence-electron chi connectivity index (χ0n) is 12.5. The van der Waals surface area contributed by atoms with E-state index in [-0.39, 0.29) is 29.5 Å². The molecule has 0 spiro atoms. The van der Waals surface area contributed by atoms with Crippen LogP contribution in [0.5, 0.6) is 0 Å². The Hall–Kier alpha value is -1.82. The van der Waals surface area contributed by atoms with E-state index in [4.69, 9.17) is 10.2 Å². The van der Waals surface area contributed by atoms with Crippen LogP contribution in [0.4, 0.5) is 0 Å². The first-order valence-corrected chi connectivity index (χ1v) is 7.37. The van der Waals surface area contributed by atoms with Gasteiger partial charge in [0, 0.05) is 12.6 Å². The van der Waals surface area contributed by atoms with Gasteiger partial charge in [0.15, 0.2) is 5.76 Å². The Morgan fingerprint density at radius 2 is 2.10 bits per heavy atom. The second-order valence-electron chi connectivity index (χ2n) is 5.86. The minimum Gasteiger partial charge on any atom is -0.459 e. The first-order chi connectivity index (χ1) is 10.0. The number of hydrogen-bond donors (Lipinski definition) is 3. The van der Waals surface area contributed by atoms with Crippen LogP contribution in [0.25, 0.3) is 0 Å². The van der Waals surface area contributed by atoms with E-state index in [1.165, 1.54) is 6.26 Å². The van der Waals surface area contributed by atoms with Gasteiger partial charge in [0.25, 0.3) is 5.91 Å². The second-order valence-corrected chi connectivity index (χ2v) is 5.86. The molecule has 1 aromatic heterocycles. The third-order valence-electron chi connectivity index (χ3n) is 3.75. The van der Waals surface area contributed by atoms with Crippen molar-refractivity contribution in [2.45, 2.75) is 38.8 Å². The lowest BCUT2D eigenvalue weighted by Crippen LogP contribution is -2.54. The summed E-state index contributed by atoms with van der Waals surface area (Å²) in [5.74, 6) is 0.0805. The zero-order chi connectivity index (χ0) is 15.4. The summed E-state index contributed by atoms with van der Waals surface area (Å²) in [6, 6.07) is 2.60. The van der Waals surface area contributed by atoms with Crippen molar-refractivity contribution in [3.63, 3.8) is 0 Å². The minimum absolute atomic E-state index is 0.000681. The Labute approximate surface area is 124 Å². The fourth-order valence-electron chi connectivity index (χ4n) is 2.30. The Kier molecular flexibility index (Phi) is 5.01. The molecule has 6 nitrogen and oxygen atoms in total. The van der Waals surface area contributed by atoms with Gasteiger partial charge in [0.2, 0.25) is 5.91 Å². The highest BCUT2D eigenvalue weighted by atomic mass is 16.3. The summed E-state index contributed by atoms with van der Waals surface area (Å²) in [5, 5.41) is 5.67. The molecule has 0 aliphatic heterocycles. The van der Waals surface area contributed by atoms with Crippen LogP contribution in [0, 0.1) is 11.8 Å². The topological polar surface area (TPSA) is 97.4 Å². The summed E-state index contributed by atoms with van der Waals surface area (Å²) in [6.45, 7) is 4.20.